The number of aromatic nitrogens is 3. The number of amides is 1. The van der Waals surface area contributed by atoms with Crippen LogP contribution in [0.4, 0.5) is 0 Å². The average molecular weight is 338 g/mol. The van der Waals surface area contributed by atoms with Gasteiger partial charge in [0.25, 0.3) is 0 Å². The molecule has 132 valence electrons. The van der Waals surface area contributed by atoms with Gasteiger partial charge in [-0.2, -0.15) is 5.10 Å². The predicted molar refractivity (Wildman–Crippen MR) is 96.5 cm³/mol. The molecule has 2 aliphatic rings. The van der Waals surface area contributed by atoms with Gasteiger partial charge < -0.3 is 4.90 Å². The van der Waals surface area contributed by atoms with E-state index in [-0.39, 0.29) is 12.0 Å². The summed E-state index contributed by atoms with van der Waals surface area (Å²) >= 11 is 0. The van der Waals surface area contributed by atoms with Crippen molar-refractivity contribution in [1.29, 1.82) is 0 Å². The van der Waals surface area contributed by atoms with E-state index in [4.69, 9.17) is 0 Å². The van der Waals surface area contributed by atoms with Gasteiger partial charge in [0.05, 0.1) is 12.0 Å². The summed E-state index contributed by atoms with van der Waals surface area (Å²) < 4.78 is 2.02. The van der Waals surface area contributed by atoms with Gasteiger partial charge in [-0.1, -0.05) is 24.3 Å². The standard InChI is InChI=1S/C20H26N4O/c1-14-21-15(2)24(22-14)17-9-6-12-23(13-17)20(25)19-11-5-8-16-7-3-4-10-18(16)19/h3-4,7,10,17,19H,5-6,8-9,11-13H2,1-2H3/t17-,19+/m0/s1. The van der Waals surface area contributed by atoms with E-state index in [1.54, 1.807) is 0 Å². The van der Waals surface area contributed by atoms with Crippen molar-refractivity contribution in [3.8, 4) is 0 Å². The minimum absolute atomic E-state index is 0.0299. The van der Waals surface area contributed by atoms with Crippen LogP contribution in [0.5, 0.6) is 0 Å². The molecule has 0 unspecified atom stereocenters. The number of aryl methyl sites for hydroxylation is 3. The second kappa shape index (κ2) is 6.62. The molecule has 1 aliphatic heterocycles. The van der Waals surface area contributed by atoms with Gasteiger partial charge in [0.2, 0.25) is 5.91 Å². The van der Waals surface area contributed by atoms with Gasteiger partial charge in [0.15, 0.2) is 0 Å². The Bertz CT molecular complexity index is 782. The molecular formula is C20H26N4O. The Morgan fingerprint density at radius 1 is 1.16 bits per heavy atom. The maximum Gasteiger partial charge on any atom is 0.230 e. The smallest absolute Gasteiger partial charge is 0.230 e. The number of hydrogen-bond acceptors (Lipinski definition) is 3. The van der Waals surface area contributed by atoms with Crippen molar-refractivity contribution in [2.75, 3.05) is 13.1 Å². The summed E-state index contributed by atoms with van der Waals surface area (Å²) in [4.78, 5) is 19.8. The molecule has 25 heavy (non-hydrogen) atoms. The third kappa shape index (κ3) is 3.08. The van der Waals surface area contributed by atoms with Crippen LogP contribution in [-0.4, -0.2) is 38.7 Å². The lowest BCUT2D eigenvalue weighted by molar-refractivity contribution is -0.134. The highest BCUT2D eigenvalue weighted by atomic mass is 16.2. The number of carbonyl (C=O) groups is 1. The van der Waals surface area contributed by atoms with E-state index in [1.165, 1.54) is 11.1 Å². The summed E-state index contributed by atoms with van der Waals surface area (Å²) in [5.41, 5.74) is 2.59. The molecule has 2 aromatic rings. The molecule has 0 bridgehead atoms. The summed E-state index contributed by atoms with van der Waals surface area (Å²) in [6.07, 6.45) is 5.27. The highest BCUT2D eigenvalue weighted by Gasteiger charge is 2.33. The summed E-state index contributed by atoms with van der Waals surface area (Å²) in [6.45, 7) is 5.54. The molecule has 0 radical (unpaired) electrons. The molecule has 5 nitrogen and oxygen atoms in total. The summed E-state index contributed by atoms with van der Waals surface area (Å²) in [5, 5.41) is 4.54. The average Bonchev–Trinajstić information content (AvgIpc) is 2.99. The maximum atomic E-state index is 13.3. The normalized spacial score (nSPS) is 23.4. The first-order chi connectivity index (χ1) is 12.1. The Kier molecular flexibility index (Phi) is 4.32. The number of hydrogen-bond donors (Lipinski definition) is 0. The first-order valence-electron chi connectivity index (χ1n) is 9.40. The van der Waals surface area contributed by atoms with Crippen LogP contribution >= 0.6 is 0 Å². The first-order valence-corrected chi connectivity index (χ1v) is 9.40. The van der Waals surface area contributed by atoms with Gasteiger partial charge in [0, 0.05) is 13.1 Å². The van der Waals surface area contributed by atoms with Crippen molar-refractivity contribution in [2.45, 2.75) is 57.9 Å². The van der Waals surface area contributed by atoms with Crippen LogP contribution in [0.3, 0.4) is 0 Å². The van der Waals surface area contributed by atoms with E-state index in [2.05, 4.69) is 39.2 Å². The lowest BCUT2D eigenvalue weighted by Gasteiger charge is -2.36. The molecular weight excluding hydrogens is 312 g/mol. The van der Waals surface area contributed by atoms with Gasteiger partial charge in [-0.25, -0.2) is 9.67 Å². The van der Waals surface area contributed by atoms with E-state index in [0.717, 1.165) is 56.8 Å². The summed E-state index contributed by atoms with van der Waals surface area (Å²) in [5.74, 6) is 2.08. The molecule has 5 heteroatoms. The van der Waals surface area contributed by atoms with E-state index >= 15 is 0 Å². The zero-order valence-electron chi connectivity index (χ0n) is 15.1. The summed E-state index contributed by atoms with van der Waals surface area (Å²) in [7, 11) is 0. The van der Waals surface area contributed by atoms with Gasteiger partial charge in [-0.15, -0.1) is 0 Å². The largest absolute Gasteiger partial charge is 0.340 e. The van der Waals surface area contributed by atoms with Crippen molar-refractivity contribution in [3.63, 3.8) is 0 Å². The maximum absolute atomic E-state index is 13.3. The van der Waals surface area contributed by atoms with Gasteiger partial charge in [0.1, 0.15) is 11.6 Å². The SMILES string of the molecule is Cc1nc(C)n([C@H]2CCCN(C(=O)[C@@H]3CCCc4ccccc43)C2)n1. The van der Waals surface area contributed by atoms with Crippen LogP contribution in [-0.2, 0) is 11.2 Å². The zero-order chi connectivity index (χ0) is 17.4. The van der Waals surface area contributed by atoms with E-state index in [9.17, 15) is 4.79 Å². The number of benzene rings is 1. The molecule has 1 aromatic heterocycles. The fourth-order valence-corrected chi connectivity index (χ4v) is 4.47. The Labute approximate surface area is 149 Å². The van der Waals surface area contributed by atoms with E-state index < -0.39 is 0 Å². The number of carbonyl (C=O) groups excluding carboxylic acids is 1. The molecule has 2 atom stereocenters. The van der Waals surface area contributed by atoms with Gasteiger partial charge >= 0.3 is 0 Å². The fourth-order valence-electron chi connectivity index (χ4n) is 4.47. The number of piperidine rings is 1. The molecule has 1 aromatic carbocycles. The Morgan fingerprint density at radius 3 is 2.80 bits per heavy atom. The molecule has 1 saturated heterocycles. The molecule has 1 amide bonds. The molecule has 4 rings (SSSR count). The van der Waals surface area contributed by atoms with Crippen molar-refractivity contribution in [1.82, 2.24) is 19.7 Å². The van der Waals surface area contributed by atoms with Crippen LogP contribution in [0, 0.1) is 13.8 Å². The molecule has 0 saturated carbocycles. The number of nitrogens with zero attached hydrogens (tertiary/aromatic N) is 4. The number of fused-ring (bicyclic) bond motifs is 1. The Morgan fingerprint density at radius 2 is 2.00 bits per heavy atom. The molecule has 0 N–H and O–H groups in total. The Balaban J connectivity index is 1.54. The highest BCUT2D eigenvalue weighted by molar-refractivity contribution is 5.84. The van der Waals surface area contributed by atoms with Gasteiger partial charge in [-0.3, -0.25) is 4.79 Å². The number of likely N-dealkylation sites (tertiary alicyclic amines) is 1. The molecule has 2 heterocycles. The quantitative estimate of drug-likeness (QED) is 0.845. The van der Waals surface area contributed by atoms with Crippen molar-refractivity contribution in [3.05, 3.63) is 47.0 Å². The van der Waals surface area contributed by atoms with E-state index in [1.807, 2.05) is 18.5 Å². The van der Waals surface area contributed by atoms with Crippen LogP contribution in [0.1, 0.15) is 60.4 Å². The van der Waals surface area contributed by atoms with Crippen LogP contribution in [0.25, 0.3) is 0 Å². The number of rotatable bonds is 2. The summed E-state index contributed by atoms with van der Waals surface area (Å²) in [6, 6.07) is 8.71. The lowest BCUT2D eigenvalue weighted by Crippen LogP contribution is -2.44. The van der Waals surface area contributed by atoms with Crippen molar-refractivity contribution < 1.29 is 4.79 Å². The third-order valence-corrected chi connectivity index (χ3v) is 5.63. The lowest BCUT2D eigenvalue weighted by atomic mass is 9.82. The second-order valence-corrected chi connectivity index (χ2v) is 7.37. The third-order valence-electron chi connectivity index (χ3n) is 5.63. The van der Waals surface area contributed by atoms with Crippen molar-refractivity contribution in [2.24, 2.45) is 0 Å². The second-order valence-electron chi connectivity index (χ2n) is 7.37. The fraction of sp³-hybridized carbons (Fsp3) is 0.550. The molecule has 0 spiro atoms. The van der Waals surface area contributed by atoms with E-state index in [0.29, 0.717) is 5.91 Å². The zero-order valence-corrected chi connectivity index (χ0v) is 15.1. The predicted octanol–water partition coefficient (Wildman–Crippen LogP) is 3.18. The molecule has 1 aliphatic carbocycles. The molecule has 1 fully saturated rings. The van der Waals surface area contributed by atoms with Crippen LogP contribution < -0.4 is 0 Å². The van der Waals surface area contributed by atoms with Gasteiger partial charge in [-0.05, 0) is 57.1 Å². The van der Waals surface area contributed by atoms with Crippen LogP contribution in [0.15, 0.2) is 24.3 Å². The minimum atomic E-state index is 0.0299. The monoisotopic (exact) mass is 338 g/mol. The van der Waals surface area contributed by atoms with Crippen LogP contribution in [0.2, 0.25) is 0 Å². The van der Waals surface area contributed by atoms with Crippen molar-refractivity contribution >= 4 is 5.91 Å². The first kappa shape index (κ1) is 16.3. The minimum Gasteiger partial charge on any atom is -0.340 e. The topological polar surface area (TPSA) is 51.0 Å². The highest BCUT2D eigenvalue weighted by Crippen LogP contribution is 2.34. The Hall–Kier alpha value is -2.17.